The maximum atomic E-state index is 12.0. The van der Waals surface area contributed by atoms with E-state index in [9.17, 15) is 14.9 Å². The lowest BCUT2D eigenvalue weighted by Crippen LogP contribution is -2.40. The van der Waals surface area contributed by atoms with Crippen molar-refractivity contribution < 1.29 is 19.2 Å². The summed E-state index contributed by atoms with van der Waals surface area (Å²) < 4.78 is 10.3. The third-order valence-corrected chi connectivity index (χ3v) is 4.83. The third-order valence-electron chi connectivity index (χ3n) is 4.83. The number of nitrogens with zero attached hydrogens (tertiary/aromatic N) is 2. The number of rotatable bonds is 7. The highest BCUT2D eigenvalue weighted by molar-refractivity contribution is 5.96. The van der Waals surface area contributed by atoms with Crippen LogP contribution < -0.4 is 5.32 Å². The predicted octanol–water partition coefficient (Wildman–Crippen LogP) is 3.21. The standard InChI is InChI=1S/C21H25N3O5/c1-15-13-23(8-9-29-15)14-17-5-3-4-16(10-17)12-22-20-7-6-18(24(26)27)11-19(20)21(25)28-2/h3-7,10-11,15,22H,8-9,12-14H2,1-2H3. The first-order valence-corrected chi connectivity index (χ1v) is 9.48. The number of carbonyl (C=O) groups is 1. The molecule has 2 aromatic carbocycles. The summed E-state index contributed by atoms with van der Waals surface area (Å²) in [7, 11) is 1.25. The number of nitro benzene ring substituents is 1. The smallest absolute Gasteiger partial charge is 0.340 e. The van der Waals surface area contributed by atoms with Crippen molar-refractivity contribution in [3.8, 4) is 0 Å². The van der Waals surface area contributed by atoms with Gasteiger partial charge in [-0.25, -0.2) is 4.79 Å². The third kappa shape index (κ3) is 5.52. The van der Waals surface area contributed by atoms with Crippen LogP contribution in [-0.4, -0.2) is 48.7 Å². The Bertz CT molecular complexity index is 886. The summed E-state index contributed by atoms with van der Waals surface area (Å²) in [5.74, 6) is -0.619. The normalized spacial score (nSPS) is 17.0. The molecule has 0 amide bonds. The first-order valence-electron chi connectivity index (χ1n) is 9.48. The number of nitrogens with one attached hydrogen (secondary N) is 1. The summed E-state index contributed by atoms with van der Waals surface area (Å²) >= 11 is 0. The summed E-state index contributed by atoms with van der Waals surface area (Å²) in [6, 6.07) is 12.3. The predicted molar refractivity (Wildman–Crippen MR) is 109 cm³/mol. The summed E-state index contributed by atoms with van der Waals surface area (Å²) in [4.78, 5) is 24.9. The summed E-state index contributed by atoms with van der Waals surface area (Å²) in [6.07, 6.45) is 0.243. The number of benzene rings is 2. The molecule has 3 rings (SSSR count). The van der Waals surface area contributed by atoms with E-state index >= 15 is 0 Å². The van der Waals surface area contributed by atoms with E-state index in [1.807, 2.05) is 12.1 Å². The SMILES string of the molecule is COC(=O)c1cc([N+](=O)[O-])ccc1NCc1cccc(CN2CCOC(C)C2)c1. The Labute approximate surface area is 169 Å². The van der Waals surface area contributed by atoms with Gasteiger partial charge in [-0.2, -0.15) is 0 Å². The lowest BCUT2D eigenvalue weighted by molar-refractivity contribution is -0.384. The molecule has 1 saturated heterocycles. The van der Waals surface area contributed by atoms with E-state index in [1.54, 1.807) is 0 Å². The van der Waals surface area contributed by atoms with E-state index in [4.69, 9.17) is 9.47 Å². The van der Waals surface area contributed by atoms with Gasteiger partial charge < -0.3 is 14.8 Å². The van der Waals surface area contributed by atoms with Gasteiger partial charge in [0.25, 0.3) is 5.69 Å². The first kappa shape index (κ1) is 20.8. The van der Waals surface area contributed by atoms with Crippen molar-refractivity contribution in [2.24, 2.45) is 0 Å². The van der Waals surface area contributed by atoms with Gasteiger partial charge in [0.2, 0.25) is 0 Å². The number of morpholine rings is 1. The van der Waals surface area contributed by atoms with E-state index < -0.39 is 10.9 Å². The second kappa shape index (κ2) is 9.49. The number of esters is 1. The van der Waals surface area contributed by atoms with Crippen LogP contribution in [0, 0.1) is 10.1 Å². The lowest BCUT2D eigenvalue weighted by atomic mass is 10.1. The zero-order chi connectivity index (χ0) is 20.8. The van der Waals surface area contributed by atoms with Crippen LogP contribution in [-0.2, 0) is 22.6 Å². The maximum absolute atomic E-state index is 12.0. The van der Waals surface area contributed by atoms with E-state index in [1.165, 1.54) is 30.9 Å². The molecule has 1 fully saturated rings. The van der Waals surface area contributed by atoms with Crippen molar-refractivity contribution in [2.45, 2.75) is 26.1 Å². The summed E-state index contributed by atoms with van der Waals surface area (Å²) in [5.41, 5.74) is 2.74. The molecule has 1 unspecified atom stereocenters. The Morgan fingerprint density at radius 2 is 2.10 bits per heavy atom. The van der Waals surface area contributed by atoms with Crippen LogP contribution in [0.4, 0.5) is 11.4 Å². The number of hydrogen-bond donors (Lipinski definition) is 1. The molecular weight excluding hydrogens is 374 g/mol. The fourth-order valence-electron chi connectivity index (χ4n) is 3.41. The monoisotopic (exact) mass is 399 g/mol. The summed E-state index contributed by atoms with van der Waals surface area (Å²) in [6.45, 7) is 5.99. The fourth-order valence-corrected chi connectivity index (χ4v) is 3.41. The maximum Gasteiger partial charge on any atom is 0.340 e. The Morgan fingerprint density at radius 1 is 1.31 bits per heavy atom. The van der Waals surface area contributed by atoms with Gasteiger partial charge in [0.15, 0.2) is 0 Å². The van der Waals surface area contributed by atoms with Gasteiger partial charge in [-0.1, -0.05) is 24.3 Å². The van der Waals surface area contributed by atoms with Crippen molar-refractivity contribution >= 4 is 17.3 Å². The van der Waals surface area contributed by atoms with Gasteiger partial charge in [-0.05, 0) is 24.1 Å². The lowest BCUT2D eigenvalue weighted by Gasteiger charge is -2.31. The molecule has 0 spiro atoms. The number of non-ortho nitro benzene ring substituents is 1. The summed E-state index contributed by atoms with van der Waals surface area (Å²) in [5, 5.41) is 14.2. The molecule has 29 heavy (non-hydrogen) atoms. The zero-order valence-electron chi connectivity index (χ0n) is 16.6. The topological polar surface area (TPSA) is 93.9 Å². The van der Waals surface area contributed by atoms with Gasteiger partial charge in [0.05, 0.1) is 30.3 Å². The molecule has 1 heterocycles. The molecule has 2 aromatic rings. The molecule has 154 valence electrons. The molecule has 0 aliphatic carbocycles. The van der Waals surface area contributed by atoms with Crippen molar-refractivity contribution in [1.82, 2.24) is 4.90 Å². The first-order chi connectivity index (χ1) is 14.0. The van der Waals surface area contributed by atoms with Crippen LogP contribution in [0.3, 0.4) is 0 Å². The Morgan fingerprint density at radius 3 is 2.83 bits per heavy atom. The van der Waals surface area contributed by atoms with Crippen LogP contribution in [0.15, 0.2) is 42.5 Å². The number of anilines is 1. The highest BCUT2D eigenvalue weighted by Crippen LogP contribution is 2.24. The van der Waals surface area contributed by atoms with Gasteiger partial charge in [-0.15, -0.1) is 0 Å². The number of nitro groups is 1. The molecule has 8 heteroatoms. The van der Waals surface area contributed by atoms with E-state index in [0.29, 0.717) is 12.2 Å². The Hall–Kier alpha value is -2.97. The molecule has 1 N–H and O–H groups in total. The van der Waals surface area contributed by atoms with Gasteiger partial charge >= 0.3 is 5.97 Å². The fraction of sp³-hybridized carbons (Fsp3) is 0.381. The molecule has 8 nitrogen and oxygen atoms in total. The van der Waals surface area contributed by atoms with Gasteiger partial charge in [-0.3, -0.25) is 15.0 Å². The molecule has 0 radical (unpaired) electrons. The van der Waals surface area contributed by atoms with Crippen molar-refractivity contribution in [1.29, 1.82) is 0 Å². The van der Waals surface area contributed by atoms with Crippen molar-refractivity contribution in [3.05, 3.63) is 69.3 Å². The average molecular weight is 399 g/mol. The molecule has 1 aliphatic heterocycles. The minimum absolute atomic E-state index is 0.139. The molecule has 0 aromatic heterocycles. The van der Waals surface area contributed by atoms with Gasteiger partial charge in [0, 0.05) is 44.0 Å². The highest BCUT2D eigenvalue weighted by atomic mass is 16.6. The highest BCUT2D eigenvalue weighted by Gasteiger charge is 2.18. The van der Waals surface area contributed by atoms with E-state index in [2.05, 4.69) is 29.3 Å². The minimum atomic E-state index is -0.619. The second-order valence-electron chi connectivity index (χ2n) is 7.07. The molecule has 1 aliphatic rings. The Balaban J connectivity index is 1.69. The van der Waals surface area contributed by atoms with E-state index in [-0.39, 0.29) is 17.4 Å². The van der Waals surface area contributed by atoms with Crippen LogP contribution in [0.5, 0.6) is 0 Å². The second-order valence-corrected chi connectivity index (χ2v) is 7.07. The number of hydrogen-bond acceptors (Lipinski definition) is 7. The molecule has 0 saturated carbocycles. The molecule has 0 bridgehead atoms. The van der Waals surface area contributed by atoms with Crippen molar-refractivity contribution in [2.75, 3.05) is 32.1 Å². The van der Waals surface area contributed by atoms with Crippen LogP contribution in [0.2, 0.25) is 0 Å². The quantitative estimate of drug-likeness (QED) is 0.434. The largest absolute Gasteiger partial charge is 0.465 e. The zero-order valence-corrected chi connectivity index (χ0v) is 16.6. The number of ether oxygens (including phenoxy) is 2. The van der Waals surface area contributed by atoms with Gasteiger partial charge in [0.1, 0.15) is 0 Å². The van der Waals surface area contributed by atoms with Crippen LogP contribution in [0.25, 0.3) is 0 Å². The number of methoxy groups -OCH3 is 1. The molecule has 1 atom stereocenters. The van der Waals surface area contributed by atoms with Crippen LogP contribution >= 0.6 is 0 Å². The number of carbonyl (C=O) groups excluding carboxylic acids is 1. The Kier molecular flexibility index (Phi) is 6.79. The average Bonchev–Trinajstić information content (AvgIpc) is 2.72. The van der Waals surface area contributed by atoms with Crippen molar-refractivity contribution in [3.63, 3.8) is 0 Å². The molecular formula is C21H25N3O5. The van der Waals surface area contributed by atoms with E-state index in [0.717, 1.165) is 31.8 Å². The van der Waals surface area contributed by atoms with Crippen LogP contribution in [0.1, 0.15) is 28.4 Å². The minimum Gasteiger partial charge on any atom is -0.465 e.